The Labute approximate surface area is 140 Å². The van der Waals surface area contributed by atoms with Gasteiger partial charge in [0.15, 0.2) is 0 Å². The quantitative estimate of drug-likeness (QED) is 0.789. The summed E-state index contributed by atoms with van der Waals surface area (Å²) >= 11 is 0. The molecule has 0 aromatic carbocycles. The molecule has 1 heterocycles. The van der Waals surface area contributed by atoms with E-state index in [2.05, 4.69) is 9.80 Å². The number of hydrogen-bond acceptors (Lipinski definition) is 3. The zero-order chi connectivity index (χ0) is 15.9. The standard InChI is InChI=1S/C19H32N2O2/c22-8-2-1-3-20-4-6-21(7-5-20)18(23)19-12-15-9-16(13-19)11-17(10-15)14-19/h15-17,22H,1-14H2. The van der Waals surface area contributed by atoms with Gasteiger partial charge in [-0.1, -0.05) is 0 Å². The van der Waals surface area contributed by atoms with Crippen molar-refractivity contribution >= 4 is 5.91 Å². The van der Waals surface area contributed by atoms with E-state index in [1.54, 1.807) is 0 Å². The molecule has 5 fully saturated rings. The fourth-order valence-corrected chi connectivity index (χ4v) is 6.33. The van der Waals surface area contributed by atoms with E-state index in [0.717, 1.165) is 63.3 Å². The molecule has 4 bridgehead atoms. The van der Waals surface area contributed by atoms with Crippen molar-refractivity contribution in [3.05, 3.63) is 0 Å². The van der Waals surface area contributed by atoms with Crippen molar-refractivity contribution in [1.82, 2.24) is 9.80 Å². The van der Waals surface area contributed by atoms with Crippen LogP contribution in [0.25, 0.3) is 0 Å². The Morgan fingerprint density at radius 3 is 2.00 bits per heavy atom. The average Bonchev–Trinajstić information content (AvgIpc) is 2.54. The normalized spacial score (nSPS) is 39.9. The molecule has 5 aliphatic rings. The fourth-order valence-electron chi connectivity index (χ4n) is 6.33. The molecule has 0 atom stereocenters. The second-order valence-electron chi connectivity index (χ2n) is 8.76. The highest BCUT2D eigenvalue weighted by Crippen LogP contribution is 2.60. The largest absolute Gasteiger partial charge is 0.396 e. The maximum absolute atomic E-state index is 13.3. The summed E-state index contributed by atoms with van der Waals surface area (Å²) in [6.45, 7) is 5.23. The van der Waals surface area contributed by atoms with Crippen LogP contribution < -0.4 is 0 Å². The molecule has 130 valence electrons. The summed E-state index contributed by atoms with van der Waals surface area (Å²) in [5.41, 5.74) is 0.0355. The maximum Gasteiger partial charge on any atom is 0.228 e. The van der Waals surface area contributed by atoms with E-state index >= 15 is 0 Å². The molecule has 4 saturated carbocycles. The lowest BCUT2D eigenvalue weighted by Gasteiger charge is -2.57. The minimum absolute atomic E-state index is 0.0355. The molecule has 4 aliphatic carbocycles. The number of piperazine rings is 1. The van der Waals surface area contributed by atoms with Gasteiger partial charge >= 0.3 is 0 Å². The predicted octanol–water partition coefficient (Wildman–Crippen LogP) is 2.12. The SMILES string of the molecule is O=C(N1CCN(CCCCO)CC1)C12CC3CC(CC(C3)C1)C2. The lowest BCUT2D eigenvalue weighted by molar-refractivity contribution is -0.159. The highest BCUT2D eigenvalue weighted by atomic mass is 16.2. The number of amides is 1. The van der Waals surface area contributed by atoms with Crippen LogP contribution in [0, 0.1) is 23.2 Å². The molecular weight excluding hydrogens is 288 g/mol. The fraction of sp³-hybridized carbons (Fsp3) is 0.947. The third-order valence-corrected chi connectivity index (χ3v) is 7.03. The van der Waals surface area contributed by atoms with E-state index < -0.39 is 0 Å². The van der Waals surface area contributed by atoms with Crippen LogP contribution in [0.3, 0.4) is 0 Å². The zero-order valence-corrected chi connectivity index (χ0v) is 14.4. The molecule has 4 heteroatoms. The number of nitrogens with zero attached hydrogens (tertiary/aromatic N) is 2. The highest BCUT2D eigenvalue weighted by Gasteiger charge is 2.55. The molecule has 0 spiro atoms. The average molecular weight is 320 g/mol. The van der Waals surface area contributed by atoms with Gasteiger partial charge in [-0.15, -0.1) is 0 Å². The van der Waals surface area contributed by atoms with E-state index in [4.69, 9.17) is 5.11 Å². The Morgan fingerprint density at radius 1 is 0.913 bits per heavy atom. The number of hydrogen-bond donors (Lipinski definition) is 1. The van der Waals surface area contributed by atoms with Gasteiger partial charge in [-0.2, -0.15) is 0 Å². The smallest absolute Gasteiger partial charge is 0.228 e. The molecule has 5 rings (SSSR count). The molecule has 0 aromatic rings. The summed E-state index contributed by atoms with van der Waals surface area (Å²) < 4.78 is 0. The van der Waals surface area contributed by atoms with Crippen LogP contribution in [0.2, 0.25) is 0 Å². The van der Waals surface area contributed by atoms with E-state index in [1.165, 1.54) is 38.5 Å². The van der Waals surface area contributed by atoms with E-state index in [-0.39, 0.29) is 5.41 Å². The Bertz CT molecular complexity index is 407. The molecule has 1 N–H and O–H groups in total. The van der Waals surface area contributed by atoms with Crippen molar-refractivity contribution in [1.29, 1.82) is 0 Å². The summed E-state index contributed by atoms with van der Waals surface area (Å²) in [4.78, 5) is 17.9. The maximum atomic E-state index is 13.3. The summed E-state index contributed by atoms with van der Waals surface area (Å²) in [6, 6.07) is 0. The minimum atomic E-state index is 0.0355. The molecule has 4 nitrogen and oxygen atoms in total. The molecular formula is C19H32N2O2. The van der Waals surface area contributed by atoms with Crippen molar-refractivity contribution < 1.29 is 9.90 Å². The first-order valence-corrected chi connectivity index (χ1v) is 9.81. The molecule has 23 heavy (non-hydrogen) atoms. The number of aliphatic hydroxyl groups excluding tert-OH is 1. The molecule has 0 unspecified atom stereocenters. The van der Waals surface area contributed by atoms with Crippen LogP contribution in [0.15, 0.2) is 0 Å². The van der Waals surface area contributed by atoms with Gasteiger partial charge in [0.1, 0.15) is 0 Å². The van der Waals surface area contributed by atoms with Crippen LogP contribution in [-0.2, 0) is 4.79 Å². The number of unbranched alkanes of at least 4 members (excludes halogenated alkanes) is 1. The number of rotatable bonds is 5. The van der Waals surface area contributed by atoms with Gasteiger partial charge in [-0.05, 0) is 75.7 Å². The second-order valence-corrected chi connectivity index (χ2v) is 8.76. The number of carbonyl (C=O) groups is 1. The van der Waals surface area contributed by atoms with E-state index in [0.29, 0.717) is 12.5 Å². The lowest BCUT2D eigenvalue weighted by Crippen LogP contribution is -2.58. The topological polar surface area (TPSA) is 43.8 Å². The van der Waals surface area contributed by atoms with Crippen molar-refractivity contribution in [2.45, 2.75) is 51.4 Å². The molecule has 1 saturated heterocycles. The van der Waals surface area contributed by atoms with Crippen molar-refractivity contribution in [3.63, 3.8) is 0 Å². The molecule has 0 aromatic heterocycles. The zero-order valence-electron chi connectivity index (χ0n) is 14.4. The first-order chi connectivity index (χ1) is 11.2. The summed E-state index contributed by atoms with van der Waals surface area (Å²) in [5.74, 6) is 3.06. The van der Waals surface area contributed by atoms with Crippen LogP contribution in [0.4, 0.5) is 0 Å². The Morgan fingerprint density at radius 2 is 1.48 bits per heavy atom. The minimum Gasteiger partial charge on any atom is -0.396 e. The first-order valence-electron chi connectivity index (χ1n) is 9.81. The molecule has 1 aliphatic heterocycles. The van der Waals surface area contributed by atoms with E-state index in [1.807, 2.05) is 0 Å². The van der Waals surface area contributed by atoms with Crippen LogP contribution >= 0.6 is 0 Å². The second kappa shape index (κ2) is 6.36. The highest BCUT2D eigenvalue weighted by molar-refractivity contribution is 5.83. The van der Waals surface area contributed by atoms with Gasteiger partial charge in [0.25, 0.3) is 0 Å². The van der Waals surface area contributed by atoms with Crippen molar-refractivity contribution in [2.75, 3.05) is 39.3 Å². The van der Waals surface area contributed by atoms with Crippen molar-refractivity contribution in [3.8, 4) is 0 Å². The van der Waals surface area contributed by atoms with Gasteiger partial charge in [-0.25, -0.2) is 0 Å². The van der Waals surface area contributed by atoms with Crippen LogP contribution in [0.5, 0.6) is 0 Å². The van der Waals surface area contributed by atoms with Crippen molar-refractivity contribution in [2.24, 2.45) is 23.2 Å². The Kier molecular flexibility index (Phi) is 4.39. The summed E-state index contributed by atoms with van der Waals surface area (Å²) in [6.07, 6.45) is 9.75. The first kappa shape index (κ1) is 15.9. The van der Waals surface area contributed by atoms with Gasteiger partial charge in [0.2, 0.25) is 5.91 Å². The van der Waals surface area contributed by atoms with Crippen LogP contribution in [0.1, 0.15) is 51.4 Å². The third-order valence-electron chi connectivity index (χ3n) is 7.03. The van der Waals surface area contributed by atoms with Gasteiger partial charge in [0.05, 0.1) is 5.41 Å². The summed E-state index contributed by atoms with van der Waals surface area (Å²) in [5, 5.41) is 8.89. The summed E-state index contributed by atoms with van der Waals surface area (Å²) in [7, 11) is 0. The Balaban J connectivity index is 1.34. The van der Waals surface area contributed by atoms with Crippen LogP contribution in [-0.4, -0.2) is 60.1 Å². The van der Waals surface area contributed by atoms with Gasteiger partial charge < -0.3 is 10.0 Å². The number of carbonyl (C=O) groups excluding carboxylic acids is 1. The monoisotopic (exact) mass is 320 g/mol. The predicted molar refractivity (Wildman–Crippen MR) is 89.9 cm³/mol. The lowest BCUT2D eigenvalue weighted by atomic mass is 9.49. The Hall–Kier alpha value is -0.610. The third kappa shape index (κ3) is 3.05. The molecule has 0 radical (unpaired) electrons. The van der Waals surface area contributed by atoms with E-state index in [9.17, 15) is 4.79 Å². The van der Waals surface area contributed by atoms with Gasteiger partial charge in [0, 0.05) is 32.8 Å². The van der Waals surface area contributed by atoms with Gasteiger partial charge in [-0.3, -0.25) is 9.69 Å². The number of aliphatic hydroxyl groups is 1. The molecule has 1 amide bonds.